The minimum Gasteiger partial charge on any atom is -0.493 e. The third-order valence-corrected chi connectivity index (χ3v) is 6.26. The van der Waals surface area contributed by atoms with Crippen LogP contribution < -0.4 is 18.9 Å². The normalized spacial score (nSPS) is 26.1. The molecule has 8 nitrogen and oxygen atoms in total. The molecule has 1 aliphatic carbocycles. The van der Waals surface area contributed by atoms with Crippen molar-refractivity contribution in [1.82, 2.24) is 0 Å². The highest BCUT2D eigenvalue weighted by molar-refractivity contribution is 5.78. The second kappa shape index (κ2) is 7.07. The van der Waals surface area contributed by atoms with Crippen LogP contribution in [0.5, 0.6) is 23.0 Å². The van der Waals surface area contributed by atoms with Crippen molar-refractivity contribution in [2.24, 2.45) is 11.8 Å². The average molecular weight is 414 g/mol. The van der Waals surface area contributed by atoms with Crippen LogP contribution in [0.4, 0.5) is 0 Å². The summed E-state index contributed by atoms with van der Waals surface area (Å²) in [4.78, 5) is 12.7. The van der Waals surface area contributed by atoms with E-state index < -0.39 is 17.9 Å². The molecular formula is C22H22O8. The lowest BCUT2D eigenvalue weighted by atomic mass is 9.66. The summed E-state index contributed by atoms with van der Waals surface area (Å²) in [5.41, 5.74) is 2.76. The van der Waals surface area contributed by atoms with Crippen LogP contribution in [0.3, 0.4) is 0 Å². The summed E-state index contributed by atoms with van der Waals surface area (Å²) in [6.07, 6.45) is -0.861. The third-order valence-electron chi connectivity index (χ3n) is 6.26. The van der Waals surface area contributed by atoms with E-state index in [4.69, 9.17) is 23.7 Å². The van der Waals surface area contributed by atoms with Gasteiger partial charge in [0, 0.05) is 17.4 Å². The van der Waals surface area contributed by atoms with Crippen molar-refractivity contribution in [2.75, 3.05) is 27.6 Å². The van der Waals surface area contributed by atoms with E-state index in [0.29, 0.717) is 34.1 Å². The largest absolute Gasteiger partial charge is 0.493 e. The number of hydrogen-bond donors (Lipinski definition) is 2. The minimum absolute atomic E-state index is 0.110. The Bertz CT molecular complexity index is 991. The molecule has 3 aliphatic rings. The average Bonchev–Trinajstić information content (AvgIpc) is 3.38. The molecule has 2 aromatic rings. The second-order valence-electron chi connectivity index (χ2n) is 7.65. The van der Waals surface area contributed by atoms with E-state index in [1.165, 1.54) is 14.2 Å². The molecular weight excluding hydrogens is 392 g/mol. The molecule has 2 aromatic carbocycles. The van der Waals surface area contributed by atoms with E-state index in [1.807, 2.05) is 6.07 Å². The van der Waals surface area contributed by atoms with E-state index >= 15 is 0 Å². The van der Waals surface area contributed by atoms with E-state index in [0.717, 1.165) is 11.1 Å². The van der Waals surface area contributed by atoms with Crippen LogP contribution in [0.2, 0.25) is 0 Å². The Hall–Kier alpha value is -2.97. The Balaban J connectivity index is 1.74. The number of fused-ring (bicyclic) bond motifs is 3. The first-order chi connectivity index (χ1) is 14.6. The van der Waals surface area contributed by atoms with E-state index in [2.05, 4.69) is 0 Å². The molecule has 2 heterocycles. The zero-order valence-electron chi connectivity index (χ0n) is 16.6. The van der Waals surface area contributed by atoms with Crippen molar-refractivity contribution < 1.29 is 38.7 Å². The molecule has 2 N–H and O–H groups in total. The van der Waals surface area contributed by atoms with Gasteiger partial charge in [-0.25, -0.2) is 0 Å². The Morgan fingerprint density at radius 1 is 1.03 bits per heavy atom. The molecule has 0 amide bonds. The highest BCUT2D eigenvalue weighted by Crippen LogP contribution is 2.54. The minimum atomic E-state index is -0.861. The molecule has 1 unspecified atom stereocenters. The first kappa shape index (κ1) is 19.0. The molecule has 158 valence electrons. The van der Waals surface area contributed by atoms with Crippen molar-refractivity contribution in [2.45, 2.75) is 18.6 Å². The lowest BCUT2D eigenvalue weighted by molar-refractivity contribution is -0.141. The summed E-state index contributed by atoms with van der Waals surface area (Å²) in [5.74, 6) is 0.304. The second-order valence-corrected chi connectivity index (χ2v) is 7.65. The number of methoxy groups -OCH3 is 2. The summed E-state index contributed by atoms with van der Waals surface area (Å²) in [7, 11) is 3.03. The number of ether oxygens (including phenoxy) is 5. The molecule has 0 saturated carbocycles. The van der Waals surface area contributed by atoms with Crippen LogP contribution >= 0.6 is 0 Å². The monoisotopic (exact) mass is 414 g/mol. The highest BCUT2D eigenvalue weighted by Gasteiger charge is 2.52. The quantitative estimate of drug-likeness (QED) is 0.731. The molecule has 5 rings (SSSR count). The van der Waals surface area contributed by atoms with Gasteiger partial charge in [-0.2, -0.15) is 0 Å². The van der Waals surface area contributed by atoms with Crippen LogP contribution in [0.1, 0.15) is 34.3 Å². The zero-order chi connectivity index (χ0) is 21.0. The summed E-state index contributed by atoms with van der Waals surface area (Å²) in [6, 6.07) is 7.21. The lowest BCUT2D eigenvalue weighted by Crippen LogP contribution is -2.34. The predicted molar refractivity (Wildman–Crippen MR) is 103 cm³/mol. The molecule has 0 radical (unpaired) electrons. The highest BCUT2D eigenvalue weighted by atomic mass is 16.7. The first-order valence-corrected chi connectivity index (χ1v) is 9.71. The van der Waals surface area contributed by atoms with Gasteiger partial charge < -0.3 is 33.9 Å². The zero-order valence-corrected chi connectivity index (χ0v) is 16.6. The van der Waals surface area contributed by atoms with Gasteiger partial charge >= 0.3 is 5.97 Å². The van der Waals surface area contributed by atoms with Crippen molar-refractivity contribution in [3.63, 3.8) is 0 Å². The topological polar surface area (TPSA) is 104 Å². The first-order valence-electron chi connectivity index (χ1n) is 9.71. The molecule has 2 aliphatic heterocycles. The standard InChI is InChI=1S/C22H22O8/c1-26-17-4-10(3-11(7-23)21(17)27-2)18-12-5-15-16(30-9-29-15)6-13(12)20(24)14-8-28-22(25)19(14)18/h3-6,14,18-20,23-24H,7-9H2,1-2H3/t14-,18+,19?,20-/m0/s1. The predicted octanol–water partition coefficient (Wildman–Crippen LogP) is 1.89. The SMILES string of the molecule is COc1cc([C@@H]2c3cc4c(cc3[C@H](O)[C@H]3COC(=O)C23)OCO4)cc(CO)c1OC. The maximum absolute atomic E-state index is 12.7. The Kier molecular flexibility index (Phi) is 4.48. The Labute approximate surface area is 172 Å². The van der Waals surface area contributed by atoms with Crippen molar-refractivity contribution in [1.29, 1.82) is 0 Å². The maximum atomic E-state index is 12.7. The molecule has 1 saturated heterocycles. The third kappa shape index (κ3) is 2.64. The number of rotatable bonds is 4. The number of benzene rings is 2. The molecule has 30 heavy (non-hydrogen) atoms. The number of hydrogen-bond acceptors (Lipinski definition) is 8. The van der Waals surface area contributed by atoms with Gasteiger partial charge in [-0.15, -0.1) is 0 Å². The van der Waals surface area contributed by atoms with Crippen LogP contribution in [0, 0.1) is 11.8 Å². The number of aliphatic hydroxyl groups is 2. The lowest BCUT2D eigenvalue weighted by Gasteiger charge is -2.37. The van der Waals surface area contributed by atoms with Gasteiger partial charge in [-0.1, -0.05) is 0 Å². The Morgan fingerprint density at radius 2 is 1.77 bits per heavy atom. The molecule has 0 aromatic heterocycles. The van der Waals surface area contributed by atoms with Crippen LogP contribution in [-0.4, -0.2) is 43.8 Å². The number of carbonyl (C=O) groups is 1. The summed E-state index contributed by atoms with van der Waals surface area (Å²) >= 11 is 0. The van der Waals surface area contributed by atoms with Gasteiger partial charge in [0.15, 0.2) is 23.0 Å². The molecule has 8 heteroatoms. The van der Waals surface area contributed by atoms with Gasteiger partial charge in [0.05, 0.1) is 39.5 Å². The summed E-state index contributed by atoms with van der Waals surface area (Å²) in [6.45, 7) is 0.00333. The van der Waals surface area contributed by atoms with Crippen LogP contribution in [0.25, 0.3) is 0 Å². The number of carbonyl (C=O) groups excluding carboxylic acids is 1. The fourth-order valence-corrected chi connectivity index (χ4v) is 4.90. The van der Waals surface area contributed by atoms with E-state index in [-0.39, 0.29) is 31.9 Å². The fourth-order valence-electron chi connectivity index (χ4n) is 4.90. The van der Waals surface area contributed by atoms with Gasteiger partial charge in [0.2, 0.25) is 6.79 Å². The van der Waals surface area contributed by atoms with Crippen molar-refractivity contribution in [3.8, 4) is 23.0 Å². The van der Waals surface area contributed by atoms with Gasteiger partial charge in [-0.05, 0) is 41.0 Å². The molecule has 4 atom stereocenters. The van der Waals surface area contributed by atoms with Gasteiger partial charge in [-0.3, -0.25) is 4.79 Å². The summed E-state index contributed by atoms with van der Waals surface area (Å²) in [5, 5.41) is 20.9. The Morgan fingerprint density at radius 3 is 2.43 bits per heavy atom. The fraction of sp³-hybridized carbons (Fsp3) is 0.409. The summed E-state index contributed by atoms with van der Waals surface area (Å²) < 4.78 is 27.3. The van der Waals surface area contributed by atoms with Gasteiger partial charge in [0.1, 0.15) is 0 Å². The number of aliphatic hydroxyl groups excluding tert-OH is 2. The molecule has 0 spiro atoms. The molecule has 1 fully saturated rings. The van der Waals surface area contributed by atoms with Gasteiger partial charge in [0.25, 0.3) is 0 Å². The number of cyclic esters (lactones) is 1. The number of esters is 1. The van der Waals surface area contributed by atoms with E-state index in [9.17, 15) is 15.0 Å². The maximum Gasteiger partial charge on any atom is 0.310 e. The van der Waals surface area contributed by atoms with E-state index in [1.54, 1.807) is 18.2 Å². The van der Waals surface area contributed by atoms with Crippen LogP contribution in [0.15, 0.2) is 24.3 Å². The van der Waals surface area contributed by atoms with Crippen molar-refractivity contribution >= 4 is 5.97 Å². The molecule has 0 bridgehead atoms. The van der Waals surface area contributed by atoms with Crippen molar-refractivity contribution in [3.05, 3.63) is 46.5 Å². The van der Waals surface area contributed by atoms with Crippen LogP contribution in [-0.2, 0) is 16.1 Å². The smallest absolute Gasteiger partial charge is 0.310 e.